The zero-order chi connectivity index (χ0) is 11.9. The van der Waals surface area contributed by atoms with Crippen LogP contribution in [0, 0.1) is 0 Å². The Morgan fingerprint density at radius 2 is 2.07 bits per heavy atom. The molecule has 0 atom stereocenters. The zero-order valence-electron chi connectivity index (χ0n) is 8.00. The van der Waals surface area contributed by atoms with Crippen LogP contribution in [-0.4, -0.2) is 31.2 Å². The summed E-state index contributed by atoms with van der Waals surface area (Å²) in [7, 11) is 0. The second-order valence-corrected chi connectivity index (χ2v) is 2.45. The van der Waals surface area contributed by atoms with Crippen LogP contribution in [0.2, 0.25) is 0 Å². The lowest BCUT2D eigenvalue weighted by Crippen LogP contribution is -2.21. The number of rotatable bonds is 5. The Hall–Kier alpha value is -1.47. The maximum Gasteiger partial charge on any atom is 0.425 e. The first kappa shape index (κ1) is 13.5. The molecule has 0 amide bonds. The Kier molecular flexibility index (Phi) is 5.50. The molecule has 0 fully saturated rings. The van der Waals surface area contributed by atoms with Gasteiger partial charge in [0.25, 0.3) is 0 Å². The van der Waals surface area contributed by atoms with Gasteiger partial charge >= 0.3 is 12.1 Å². The van der Waals surface area contributed by atoms with Gasteiger partial charge in [-0.15, -0.1) is 0 Å². The summed E-state index contributed by atoms with van der Waals surface area (Å²) >= 11 is 0. The van der Waals surface area contributed by atoms with Crippen molar-refractivity contribution >= 4 is 11.8 Å². The molecule has 0 spiro atoms. The summed E-state index contributed by atoms with van der Waals surface area (Å²) in [5, 5.41) is 2.91. The third kappa shape index (κ3) is 8.85. The second kappa shape index (κ2) is 6.10. The van der Waals surface area contributed by atoms with E-state index in [0.717, 1.165) is 0 Å². The molecule has 0 heterocycles. The van der Waals surface area contributed by atoms with Crippen molar-refractivity contribution in [1.82, 2.24) is 0 Å². The number of carbonyl (C=O) groups is 1. The number of amidine groups is 1. The van der Waals surface area contributed by atoms with E-state index in [1.165, 1.54) is 0 Å². The fourth-order valence-electron chi connectivity index (χ4n) is 0.581. The first-order valence-electron chi connectivity index (χ1n) is 4.02. The van der Waals surface area contributed by atoms with Gasteiger partial charge in [-0.3, -0.25) is 4.79 Å². The minimum absolute atomic E-state index is 0.162. The number of halogens is 3. The highest BCUT2D eigenvalue weighted by Gasteiger charge is 2.28. The molecule has 0 saturated carbocycles. The quantitative estimate of drug-likeness (QED) is 0.327. The van der Waals surface area contributed by atoms with Crippen LogP contribution < -0.4 is 5.73 Å². The van der Waals surface area contributed by atoms with E-state index < -0.39 is 25.2 Å². The SMILES string of the molecule is CCOC(=O)CC(N)=NOCC(F)(F)F. The third-order valence-electron chi connectivity index (χ3n) is 1.04. The minimum Gasteiger partial charge on any atom is -0.466 e. The predicted octanol–water partition coefficient (Wildman–Crippen LogP) is 0.791. The molecule has 0 bridgehead atoms. The molecule has 0 aromatic carbocycles. The molecule has 0 aromatic heterocycles. The molecule has 0 aromatic rings. The maximum absolute atomic E-state index is 11.6. The normalized spacial score (nSPS) is 12.4. The monoisotopic (exact) mass is 228 g/mol. The van der Waals surface area contributed by atoms with Crippen LogP contribution in [0.5, 0.6) is 0 Å². The Labute approximate surface area is 84.0 Å². The highest BCUT2D eigenvalue weighted by atomic mass is 19.4. The van der Waals surface area contributed by atoms with Crippen LogP contribution >= 0.6 is 0 Å². The summed E-state index contributed by atoms with van der Waals surface area (Å²) in [5.41, 5.74) is 5.09. The van der Waals surface area contributed by atoms with Crippen molar-refractivity contribution in [2.45, 2.75) is 19.5 Å². The van der Waals surface area contributed by atoms with Crippen LogP contribution in [0.4, 0.5) is 13.2 Å². The fourth-order valence-corrected chi connectivity index (χ4v) is 0.581. The standard InChI is InChI=1S/C7H11F3N2O3/c1-2-14-6(13)3-5(11)12-15-4-7(8,9)10/h2-4H2,1H3,(H2,11,12). The van der Waals surface area contributed by atoms with E-state index in [1.807, 2.05) is 0 Å². The second-order valence-electron chi connectivity index (χ2n) is 2.45. The number of oxime groups is 1. The van der Waals surface area contributed by atoms with Gasteiger partial charge in [-0.05, 0) is 6.92 Å². The molecular formula is C7H11F3N2O3. The van der Waals surface area contributed by atoms with Crippen molar-refractivity contribution in [2.75, 3.05) is 13.2 Å². The van der Waals surface area contributed by atoms with Gasteiger partial charge in [0.2, 0.25) is 6.61 Å². The highest BCUT2D eigenvalue weighted by Crippen LogP contribution is 2.14. The van der Waals surface area contributed by atoms with Crippen molar-refractivity contribution in [1.29, 1.82) is 0 Å². The topological polar surface area (TPSA) is 73.9 Å². The molecule has 0 aliphatic carbocycles. The minimum atomic E-state index is -4.48. The van der Waals surface area contributed by atoms with Crippen molar-refractivity contribution in [3.8, 4) is 0 Å². The van der Waals surface area contributed by atoms with Gasteiger partial charge in [0.15, 0.2) is 5.84 Å². The third-order valence-corrected chi connectivity index (χ3v) is 1.04. The highest BCUT2D eigenvalue weighted by molar-refractivity contribution is 5.96. The molecule has 0 saturated heterocycles. The summed E-state index contributed by atoms with van der Waals surface area (Å²) in [6.07, 6.45) is -4.88. The molecule has 88 valence electrons. The van der Waals surface area contributed by atoms with Gasteiger partial charge in [0.1, 0.15) is 6.42 Å². The lowest BCUT2D eigenvalue weighted by molar-refractivity contribution is -0.173. The summed E-state index contributed by atoms with van der Waals surface area (Å²) in [5.74, 6) is -1.04. The molecule has 2 N–H and O–H groups in total. The molecule has 0 unspecified atom stereocenters. The molecule has 15 heavy (non-hydrogen) atoms. The fraction of sp³-hybridized carbons (Fsp3) is 0.714. The number of ether oxygens (including phenoxy) is 1. The van der Waals surface area contributed by atoms with Crippen molar-refractivity contribution in [2.24, 2.45) is 10.9 Å². The Morgan fingerprint density at radius 1 is 1.47 bits per heavy atom. The maximum atomic E-state index is 11.6. The first-order chi connectivity index (χ1) is 6.85. The van der Waals surface area contributed by atoms with E-state index in [4.69, 9.17) is 5.73 Å². The number of nitrogens with zero attached hydrogens (tertiary/aromatic N) is 1. The number of hydrogen-bond acceptors (Lipinski definition) is 4. The summed E-state index contributed by atoms with van der Waals surface area (Å²) in [6, 6.07) is 0. The number of esters is 1. The Balaban J connectivity index is 3.84. The van der Waals surface area contributed by atoms with Gasteiger partial charge in [0, 0.05) is 0 Å². The lowest BCUT2D eigenvalue weighted by atomic mass is 10.4. The van der Waals surface area contributed by atoms with Crippen LogP contribution in [0.3, 0.4) is 0 Å². The number of hydrogen-bond donors (Lipinski definition) is 1. The molecule has 8 heteroatoms. The van der Waals surface area contributed by atoms with Crippen LogP contribution in [0.25, 0.3) is 0 Å². The molecule has 0 rings (SSSR count). The van der Waals surface area contributed by atoms with Crippen LogP contribution in [0.1, 0.15) is 13.3 Å². The van der Waals surface area contributed by atoms with E-state index >= 15 is 0 Å². The van der Waals surface area contributed by atoms with Gasteiger partial charge in [0.05, 0.1) is 6.61 Å². The van der Waals surface area contributed by atoms with Crippen molar-refractivity contribution < 1.29 is 27.5 Å². The van der Waals surface area contributed by atoms with E-state index in [-0.39, 0.29) is 12.4 Å². The summed E-state index contributed by atoms with van der Waals surface area (Å²) < 4.78 is 39.2. The van der Waals surface area contributed by atoms with E-state index in [9.17, 15) is 18.0 Å². The smallest absolute Gasteiger partial charge is 0.425 e. The van der Waals surface area contributed by atoms with Crippen LogP contribution in [-0.2, 0) is 14.4 Å². The van der Waals surface area contributed by atoms with Crippen molar-refractivity contribution in [3.05, 3.63) is 0 Å². The lowest BCUT2D eigenvalue weighted by Gasteiger charge is -2.04. The van der Waals surface area contributed by atoms with E-state index in [2.05, 4.69) is 14.7 Å². The first-order valence-corrected chi connectivity index (χ1v) is 4.02. The van der Waals surface area contributed by atoms with Gasteiger partial charge in [-0.2, -0.15) is 13.2 Å². The Bertz CT molecular complexity index is 240. The van der Waals surface area contributed by atoms with E-state index in [0.29, 0.717) is 0 Å². The van der Waals surface area contributed by atoms with Gasteiger partial charge < -0.3 is 15.3 Å². The van der Waals surface area contributed by atoms with E-state index in [1.54, 1.807) is 6.92 Å². The number of carbonyl (C=O) groups excluding carboxylic acids is 1. The van der Waals surface area contributed by atoms with Crippen LogP contribution in [0.15, 0.2) is 5.16 Å². The number of alkyl halides is 3. The Morgan fingerprint density at radius 3 is 2.53 bits per heavy atom. The van der Waals surface area contributed by atoms with Gasteiger partial charge in [-0.25, -0.2) is 0 Å². The predicted molar refractivity (Wildman–Crippen MR) is 44.9 cm³/mol. The molecule has 0 radical (unpaired) electrons. The summed E-state index contributed by atoms with van der Waals surface area (Å²) in [6.45, 7) is 0.206. The number of nitrogens with two attached hydrogens (primary N) is 1. The molecule has 5 nitrogen and oxygen atoms in total. The zero-order valence-corrected chi connectivity index (χ0v) is 8.00. The average molecular weight is 228 g/mol. The molecular weight excluding hydrogens is 217 g/mol. The average Bonchev–Trinajstić information content (AvgIpc) is 2.01. The van der Waals surface area contributed by atoms with Gasteiger partial charge in [-0.1, -0.05) is 5.16 Å². The summed E-state index contributed by atoms with van der Waals surface area (Å²) in [4.78, 5) is 14.6. The molecule has 0 aliphatic heterocycles. The largest absolute Gasteiger partial charge is 0.466 e. The molecule has 0 aliphatic rings. The van der Waals surface area contributed by atoms with Crippen molar-refractivity contribution in [3.63, 3.8) is 0 Å².